The quantitative estimate of drug-likeness (QED) is 0.798. The molecule has 0 heterocycles. The van der Waals surface area contributed by atoms with Gasteiger partial charge in [-0.15, -0.1) is 0 Å². The highest BCUT2D eigenvalue weighted by Crippen LogP contribution is 2.29. The van der Waals surface area contributed by atoms with Gasteiger partial charge in [-0.3, -0.25) is 0 Å². The topological polar surface area (TPSA) is 37.3 Å². The third-order valence-corrected chi connectivity index (χ3v) is 3.55. The molecule has 108 valence electrons. The van der Waals surface area contributed by atoms with Gasteiger partial charge in [-0.05, 0) is 46.9 Å². The Morgan fingerprint density at radius 2 is 1.62 bits per heavy atom. The average molecular weight is 321 g/mol. The molecule has 0 aliphatic rings. The van der Waals surface area contributed by atoms with Gasteiger partial charge in [0.1, 0.15) is 0 Å². The molecule has 4 heteroatoms. The molecule has 0 radical (unpaired) electrons. The van der Waals surface area contributed by atoms with Gasteiger partial charge in [-0.2, -0.15) is 0 Å². The first-order valence-corrected chi connectivity index (χ1v) is 7.25. The first-order valence-electron chi connectivity index (χ1n) is 6.50. The molecule has 0 spiro atoms. The van der Waals surface area contributed by atoms with E-state index in [1.165, 1.54) is 11.6 Å². The van der Waals surface area contributed by atoms with E-state index in [9.17, 15) is 4.79 Å². The lowest BCUT2D eigenvalue weighted by Gasteiger charge is -2.10. The normalized spacial score (nSPS) is 11.5. The zero-order chi connectivity index (χ0) is 15.4. The van der Waals surface area contributed by atoms with E-state index in [0.717, 1.165) is 12.0 Å². The van der Waals surface area contributed by atoms with Gasteiger partial charge in [-0.1, -0.05) is 54.4 Å². The fraction of sp³-hybridized carbons (Fsp3) is 0.118. The summed E-state index contributed by atoms with van der Waals surface area (Å²) in [7, 11) is 0. The van der Waals surface area contributed by atoms with E-state index in [1.54, 1.807) is 18.2 Å². The minimum atomic E-state index is -1.01. The van der Waals surface area contributed by atoms with Crippen molar-refractivity contribution in [2.24, 2.45) is 0 Å². The number of hydrogen-bond acceptors (Lipinski definition) is 1. The van der Waals surface area contributed by atoms with Crippen molar-refractivity contribution < 1.29 is 9.90 Å². The number of aliphatic carboxylic acids is 1. The van der Waals surface area contributed by atoms with Crippen molar-refractivity contribution >= 4 is 34.7 Å². The number of carboxylic acid groups (broad SMARTS) is 1. The molecular formula is C17H14Cl2O2. The second kappa shape index (κ2) is 6.79. The highest BCUT2D eigenvalue weighted by Gasteiger charge is 2.09. The van der Waals surface area contributed by atoms with E-state index in [1.807, 2.05) is 24.3 Å². The van der Waals surface area contributed by atoms with Gasteiger partial charge in [-0.25, -0.2) is 4.79 Å². The summed E-state index contributed by atoms with van der Waals surface area (Å²) in [6.07, 6.45) is 2.10. The maximum Gasteiger partial charge on any atom is 0.328 e. The molecule has 21 heavy (non-hydrogen) atoms. The maximum atomic E-state index is 11.1. The molecule has 0 aliphatic heterocycles. The van der Waals surface area contributed by atoms with Crippen LogP contribution in [0.2, 0.25) is 10.0 Å². The Morgan fingerprint density at radius 3 is 2.10 bits per heavy atom. The molecule has 0 saturated heterocycles. The van der Waals surface area contributed by atoms with Gasteiger partial charge in [0.25, 0.3) is 0 Å². The fourth-order valence-electron chi connectivity index (χ4n) is 2.09. The fourth-order valence-corrected chi connectivity index (χ4v) is 2.61. The van der Waals surface area contributed by atoms with Crippen LogP contribution in [0.3, 0.4) is 0 Å². The van der Waals surface area contributed by atoms with E-state index in [-0.39, 0.29) is 0 Å². The molecule has 1 N–H and O–H groups in total. The molecule has 0 amide bonds. The predicted octanol–water partition coefficient (Wildman–Crippen LogP) is 5.07. The van der Waals surface area contributed by atoms with Crippen LogP contribution in [0, 0.1) is 0 Å². The van der Waals surface area contributed by atoms with Crippen LogP contribution in [-0.4, -0.2) is 11.1 Å². The molecule has 0 unspecified atom stereocenters. The van der Waals surface area contributed by atoms with E-state index in [4.69, 9.17) is 28.3 Å². The number of aryl methyl sites for hydroxylation is 1. The number of carbonyl (C=O) groups is 1. The van der Waals surface area contributed by atoms with Crippen molar-refractivity contribution in [2.45, 2.75) is 13.3 Å². The number of carboxylic acids is 1. The zero-order valence-corrected chi connectivity index (χ0v) is 12.9. The second-order valence-electron chi connectivity index (χ2n) is 4.60. The summed E-state index contributed by atoms with van der Waals surface area (Å²) in [6, 6.07) is 12.8. The van der Waals surface area contributed by atoms with Crippen molar-refractivity contribution in [1.29, 1.82) is 0 Å². The maximum absolute atomic E-state index is 11.1. The van der Waals surface area contributed by atoms with E-state index >= 15 is 0 Å². The third kappa shape index (κ3) is 4.10. The Labute approximate surface area is 133 Å². The minimum Gasteiger partial charge on any atom is -0.478 e. The van der Waals surface area contributed by atoms with Crippen LogP contribution in [0.25, 0.3) is 5.57 Å². The Morgan fingerprint density at radius 1 is 1.05 bits per heavy atom. The Hall–Kier alpha value is -1.77. The monoisotopic (exact) mass is 320 g/mol. The molecule has 2 nitrogen and oxygen atoms in total. The molecule has 0 saturated carbocycles. The molecule has 0 aliphatic carbocycles. The first kappa shape index (κ1) is 15.6. The Kier molecular flexibility index (Phi) is 5.05. The second-order valence-corrected chi connectivity index (χ2v) is 5.48. The Balaban J connectivity index is 2.55. The molecule has 2 aromatic carbocycles. The highest BCUT2D eigenvalue weighted by molar-refractivity contribution is 6.35. The van der Waals surface area contributed by atoms with Crippen molar-refractivity contribution in [3.05, 3.63) is 75.3 Å². The van der Waals surface area contributed by atoms with Crippen molar-refractivity contribution in [3.8, 4) is 0 Å². The van der Waals surface area contributed by atoms with Gasteiger partial charge in [0.15, 0.2) is 0 Å². The summed E-state index contributed by atoms with van der Waals surface area (Å²) < 4.78 is 0. The Bertz CT molecular complexity index is 668. The van der Waals surface area contributed by atoms with Crippen molar-refractivity contribution in [3.63, 3.8) is 0 Å². The molecule has 0 aromatic heterocycles. The molecule has 2 rings (SSSR count). The lowest BCUT2D eigenvalue weighted by molar-refractivity contribution is -0.131. The summed E-state index contributed by atoms with van der Waals surface area (Å²) >= 11 is 12.0. The zero-order valence-electron chi connectivity index (χ0n) is 11.4. The third-order valence-electron chi connectivity index (χ3n) is 3.11. The van der Waals surface area contributed by atoms with Crippen LogP contribution in [0.4, 0.5) is 0 Å². The summed E-state index contributed by atoms with van der Waals surface area (Å²) in [5.41, 5.74) is 3.26. The number of benzene rings is 2. The van der Waals surface area contributed by atoms with Crippen LogP contribution >= 0.6 is 23.2 Å². The molecule has 0 atom stereocenters. The molecule has 0 bridgehead atoms. The van der Waals surface area contributed by atoms with Crippen LogP contribution in [0.5, 0.6) is 0 Å². The number of halogens is 2. The smallest absolute Gasteiger partial charge is 0.328 e. The lowest BCUT2D eigenvalue weighted by Crippen LogP contribution is -1.95. The summed E-state index contributed by atoms with van der Waals surface area (Å²) in [4.78, 5) is 11.1. The molecule has 0 fully saturated rings. The average Bonchev–Trinajstić information content (AvgIpc) is 2.43. The van der Waals surface area contributed by atoms with E-state index in [2.05, 4.69) is 6.92 Å². The molecular weight excluding hydrogens is 307 g/mol. The summed E-state index contributed by atoms with van der Waals surface area (Å²) in [5.74, 6) is -1.01. The van der Waals surface area contributed by atoms with Crippen LogP contribution in [0.15, 0.2) is 48.5 Å². The summed E-state index contributed by atoms with van der Waals surface area (Å²) in [6.45, 7) is 2.07. The first-order chi connectivity index (χ1) is 9.99. The largest absolute Gasteiger partial charge is 0.478 e. The van der Waals surface area contributed by atoms with Gasteiger partial charge in [0.2, 0.25) is 0 Å². The standard InChI is InChI=1S/C17H14Cl2O2/c1-2-11-3-5-12(6-4-11)16(10-17(20)21)13-7-14(18)9-15(19)8-13/h3-10H,2H2,1H3,(H,20,21). The van der Waals surface area contributed by atoms with Gasteiger partial charge < -0.3 is 5.11 Å². The molecule has 2 aromatic rings. The van der Waals surface area contributed by atoms with Crippen molar-refractivity contribution in [2.75, 3.05) is 0 Å². The van der Waals surface area contributed by atoms with Crippen LogP contribution in [-0.2, 0) is 11.2 Å². The highest BCUT2D eigenvalue weighted by atomic mass is 35.5. The van der Waals surface area contributed by atoms with E-state index < -0.39 is 5.97 Å². The van der Waals surface area contributed by atoms with Gasteiger partial charge in [0.05, 0.1) is 0 Å². The van der Waals surface area contributed by atoms with Crippen LogP contribution in [0.1, 0.15) is 23.6 Å². The SMILES string of the molecule is CCc1ccc(C(=CC(=O)O)c2cc(Cl)cc(Cl)c2)cc1. The van der Waals surface area contributed by atoms with Gasteiger partial charge >= 0.3 is 5.97 Å². The van der Waals surface area contributed by atoms with E-state index in [0.29, 0.717) is 21.2 Å². The number of hydrogen-bond donors (Lipinski definition) is 1. The minimum absolute atomic E-state index is 0.471. The van der Waals surface area contributed by atoms with Crippen molar-refractivity contribution in [1.82, 2.24) is 0 Å². The van der Waals surface area contributed by atoms with Gasteiger partial charge in [0, 0.05) is 16.1 Å². The number of rotatable bonds is 4. The predicted molar refractivity (Wildman–Crippen MR) is 87.0 cm³/mol. The summed E-state index contributed by atoms with van der Waals surface area (Å²) in [5, 5.41) is 10.0. The van der Waals surface area contributed by atoms with Crippen LogP contribution < -0.4 is 0 Å². The lowest BCUT2D eigenvalue weighted by atomic mass is 9.96.